The van der Waals surface area contributed by atoms with Gasteiger partial charge < -0.3 is 10.0 Å². The molecule has 58 valence electrons. The summed E-state index contributed by atoms with van der Waals surface area (Å²) in [6.45, 7) is 3.58. The molecule has 0 aromatic rings. The molecule has 0 aliphatic heterocycles. The summed E-state index contributed by atoms with van der Waals surface area (Å²) < 4.78 is 0. The van der Waals surface area contributed by atoms with Crippen molar-refractivity contribution in [3.05, 3.63) is 0 Å². The molecule has 0 fully saturated rings. The van der Waals surface area contributed by atoms with Crippen molar-refractivity contribution in [1.29, 1.82) is 0 Å². The Morgan fingerprint density at radius 1 is 1.60 bits per heavy atom. The van der Waals surface area contributed by atoms with Gasteiger partial charge in [-0.15, -0.1) is 0 Å². The van der Waals surface area contributed by atoms with Crippen LogP contribution < -0.4 is 0 Å². The van der Waals surface area contributed by atoms with Crippen molar-refractivity contribution in [2.45, 2.75) is 20.3 Å². The van der Waals surface area contributed by atoms with Crippen LogP contribution in [0.3, 0.4) is 0 Å². The molecule has 0 saturated heterocycles. The molecule has 0 aliphatic rings. The fraction of sp³-hybridized carbons (Fsp3) is 0.667. The highest BCUT2D eigenvalue weighted by Crippen LogP contribution is 1.90. The summed E-state index contributed by atoms with van der Waals surface area (Å²) in [7, 11) is 1.46. The van der Waals surface area contributed by atoms with Crippen LogP contribution >= 0.6 is 0 Å². The summed E-state index contributed by atoms with van der Waals surface area (Å²) >= 11 is 0. The molecule has 0 aromatic carbocycles. The van der Waals surface area contributed by atoms with Crippen molar-refractivity contribution in [3.63, 3.8) is 0 Å². The largest absolute Gasteiger partial charge is 0.411 e. The van der Waals surface area contributed by atoms with E-state index >= 15 is 0 Å². The number of hydrogen-bond acceptors (Lipinski definition) is 4. The lowest BCUT2D eigenvalue weighted by Crippen LogP contribution is -2.09. The monoisotopic (exact) mass is 144 g/mol. The first-order valence-corrected chi connectivity index (χ1v) is 3.05. The van der Waals surface area contributed by atoms with Crippen LogP contribution in [-0.2, 0) is 4.84 Å². The molecule has 4 nitrogen and oxygen atoms in total. The molecule has 0 aliphatic carbocycles. The van der Waals surface area contributed by atoms with E-state index in [-0.39, 0.29) is 0 Å². The van der Waals surface area contributed by atoms with Gasteiger partial charge in [-0.05, 0) is 13.3 Å². The summed E-state index contributed by atoms with van der Waals surface area (Å²) in [5, 5.41) is 14.9. The second-order valence-electron chi connectivity index (χ2n) is 1.76. The van der Waals surface area contributed by atoms with Crippen molar-refractivity contribution >= 4 is 11.4 Å². The van der Waals surface area contributed by atoms with Gasteiger partial charge in [0.1, 0.15) is 18.5 Å². The van der Waals surface area contributed by atoms with Gasteiger partial charge in [0.2, 0.25) is 0 Å². The number of hydrogen-bond donors (Lipinski definition) is 1. The van der Waals surface area contributed by atoms with E-state index < -0.39 is 0 Å². The van der Waals surface area contributed by atoms with E-state index in [1.54, 1.807) is 6.92 Å². The lowest BCUT2D eigenvalue weighted by Gasteiger charge is -1.97. The van der Waals surface area contributed by atoms with Gasteiger partial charge in [0.25, 0.3) is 0 Å². The topological polar surface area (TPSA) is 54.2 Å². The second-order valence-corrected chi connectivity index (χ2v) is 1.76. The SMILES string of the molecule is CCC(=N\OC)/C(C)=N/O. The predicted molar refractivity (Wildman–Crippen MR) is 39.6 cm³/mol. The maximum absolute atomic E-state index is 8.31. The Morgan fingerprint density at radius 2 is 2.20 bits per heavy atom. The summed E-state index contributed by atoms with van der Waals surface area (Å²) in [6.07, 6.45) is 0.698. The molecule has 10 heavy (non-hydrogen) atoms. The van der Waals surface area contributed by atoms with Gasteiger partial charge in [-0.3, -0.25) is 0 Å². The molecular weight excluding hydrogens is 132 g/mol. The van der Waals surface area contributed by atoms with Crippen molar-refractivity contribution < 1.29 is 10.0 Å². The van der Waals surface area contributed by atoms with Gasteiger partial charge in [-0.2, -0.15) is 0 Å². The Kier molecular flexibility index (Phi) is 4.28. The Morgan fingerprint density at radius 3 is 2.50 bits per heavy atom. The van der Waals surface area contributed by atoms with Crippen molar-refractivity contribution in [2.24, 2.45) is 10.3 Å². The molecule has 0 bridgehead atoms. The maximum atomic E-state index is 8.31. The minimum atomic E-state index is 0.490. The first kappa shape index (κ1) is 8.94. The highest BCUT2D eigenvalue weighted by atomic mass is 16.6. The molecule has 0 amide bonds. The molecule has 0 heterocycles. The number of rotatable bonds is 3. The van der Waals surface area contributed by atoms with Gasteiger partial charge in [0.15, 0.2) is 0 Å². The first-order chi connectivity index (χ1) is 4.76. The molecule has 0 saturated carbocycles. The van der Waals surface area contributed by atoms with Crippen LogP contribution in [-0.4, -0.2) is 23.7 Å². The Balaban J connectivity index is 4.21. The van der Waals surface area contributed by atoms with Crippen molar-refractivity contribution in [2.75, 3.05) is 7.11 Å². The van der Waals surface area contributed by atoms with E-state index in [0.29, 0.717) is 17.8 Å². The molecule has 0 radical (unpaired) electrons. The smallest absolute Gasteiger partial charge is 0.106 e. The summed E-state index contributed by atoms with van der Waals surface area (Å²) in [5.74, 6) is 0. The molecule has 4 heteroatoms. The normalized spacial score (nSPS) is 13.5. The van der Waals surface area contributed by atoms with E-state index in [9.17, 15) is 0 Å². The predicted octanol–water partition coefficient (Wildman–Crippen LogP) is 1.25. The average Bonchev–Trinajstić information content (AvgIpc) is 1.99. The minimum Gasteiger partial charge on any atom is -0.411 e. The third-order valence-corrected chi connectivity index (χ3v) is 1.10. The van der Waals surface area contributed by atoms with E-state index in [2.05, 4.69) is 15.1 Å². The van der Waals surface area contributed by atoms with Crippen LogP contribution in [0.2, 0.25) is 0 Å². The van der Waals surface area contributed by atoms with Crippen LogP contribution in [0.15, 0.2) is 10.3 Å². The summed E-state index contributed by atoms with van der Waals surface area (Å²) in [4.78, 5) is 4.51. The lowest BCUT2D eigenvalue weighted by atomic mass is 10.2. The molecule has 1 N–H and O–H groups in total. The third-order valence-electron chi connectivity index (χ3n) is 1.10. The van der Waals surface area contributed by atoms with Crippen LogP contribution in [0, 0.1) is 0 Å². The van der Waals surface area contributed by atoms with E-state index in [4.69, 9.17) is 5.21 Å². The standard InChI is InChI=1S/C6H12N2O2/c1-4-6(8-10-3)5(2)7-9/h9H,4H2,1-3H3/b7-5+,8-6+. The van der Waals surface area contributed by atoms with Gasteiger partial charge in [0, 0.05) is 0 Å². The maximum Gasteiger partial charge on any atom is 0.106 e. The van der Waals surface area contributed by atoms with Gasteiger partial charge in [-0.25, -0.2) is 0 Å². The van der Waals surface area contributed by atoms with Crippen LogP contribution in [0.5, 0.6) is 0 Å². The van der Waals surface area contributed by atoms with E-state index in [1.807, 2.05) is 6.92 Å². The highest BCUT2D eigenvalue weighted by molar-refractivity contribution is 6.41. The average molecular weight is 144 g/mol. The molecule has 0 atom stereocenters. The fourth-order valence-corrected chi connectivity index (χ4v) is 0.554. The van der Waals surface area contributed by atoms with Crippen LogP contribution in [0.4, 0.5) is 0 Å². The molecular formula is C6H12N2O2. The first-order valence-electron chi connectivity index (χ1n) is 3.05. The van der Waals surface area contributed by atoms with E-state index in [0.717, 1.165) is 0 Å². The van der Waals surface area contributed by atoms with Gasteiger partial charge in [-0.1, -0.05) is 17.2 Å². The fourth-order valence-electron chi connectivity index (χ4n) is 0.554. The van der Waals surface area contributed by atoms with E-state index in [1.165, 1.54) is 7.11 Å². The number of nitrogens with zero attached hydrogens (tertiary/aromatic N) is 2. The van der Waals surface area contributed by atoms with Gasteiger partial charge >= 0.3 is 0 Å². The highest BCUT2D eigenvalue weighted by Gasteiger charge is 2.00. The Labute approximate surface area is 60.2 Å². The Hall–Kier alpha value is -1.06. The summed E-state index contributed by atoms with van der Waals surface area (Å²) in [6, 6.07) is 0. The molecule has 0 rings (SSSR count). The zero-order chi connectivity index (χ0) is 7.98. The molecule has 0 unspecified atom stereocenters. The van der Waals surface area contributed by atoms with Crippen LogP contribution in [0.1, 0.15) is 20.3 Å². The van der Waals surface area contributed by atoms with Crippen LogP contribution in [0.25, 0.3) is 0 Å². The quantitative estimate of drug-likeness (QED) is 0.368. The van der Waals surface area contributed by atoms with Crippen molar-refractivity contribution in [3.8, 4) is 0 Å². The van der Waals surface area contributed by atoms with Crippen molar-refractivity contribution in [1.82, 2.24) is 0 Å². The molecule has 0 spiro atoms. The lowest BCUT2D eigenvalue weighted by molar-refractivity contribution is 0.213. The Bertz CT molecular complexity index is 152. The number of oxime groups is 2. The molecule has 0 aromatic heterocycles. The summed E-state index contributed by atoms with van der Waals surface area (Å²) in [5.41, 5.74) is 1.15. The van der Waals surface area contributed by atoms with Gasteiger partial charge in [0.05, 0.1) is 0 Å². The minimum absolute atomic E-state index is 0.490. The second kappa shape index (κ2) is 4.78. The zero-order valence-corrected chi connectivity index (χ0v) is 6.46. The third kappa shape index (κ3) is 2.48. The zero-order valence-electron chi connectivity index (χ0n) is 6.46.